The molecule has 18 heavy (non-hydrogen) atoms. The van der Waals surface area contributed by atoms with E-state index in [-0.39, 0.29) is 11.8 Å². The number of carbonyl (C=O) groups is 1. The van der Waals surface area contributed by atoms with E-state index in [0.29, 0.717) is 18.2 Å². The van der Waals surface area contributed by atoms with E-state index in [1.54, 1.807) is 0 Å². The van der Waals surface area contributed by atoms with Gasteiger partial charge in [0.15, 0.2) is 0 Å². The Hall–Kier alpha value is -0.680. The fraction of sp³-hybridized carbons (Fsp3) is 0.846. The van der Waals surface area contributed by atoms with E-state index in [1.165, 1.54) is 12.8 Å². The number of nitrogens with two attached hydrogens (primary N) is 1. The van der Waals surface area contributed by atoms with Crippen LogP contribution in [-0.4, -0.2) is 29.6 Å². The van der Waals surface area contributed by atoms with Crippen molar-refractivity contribution in [3.63, 3.8) is 0 Å². The van der Waals surface area contributed by atoms with Crippen LogP contribution in [0.5, 0.6) is 0 Å². The minimum Gasteiger partial charge on any atom is -0.391 e. The predicted octanol–water partition coefficient (Wildman–Crippen LogP) is 1.52. The van der Waals surface area contributed by atoms with E-state index in [4.69, 9.17) is 22.7 Å². The van der Waals surface area contributed by atoms with Gasteiger partial charge < -0.3 is 15.8 Å². The van der Waals surface area contributed by atoms with Crippen molar-refractivity contribution in [3.8, 4) is 0 Å². The highest BCUT2D eigenvalue weighted by molar-refractivity contribution is 7.80. The second-order valence-electron chi connectivity index (χ2n) is 5.41. The molecule has 102 valence electrons. The molecule has 1 saturated carbocycles. The van der Waals surface area contributed by atoms with Crippen LogP contribution < -0.4 is 11.1 Å². The standard InChI is InChI=1S/C13H22N2O2S/c14-12(18)13(6-3-1-2-4-7-13)15-11(16)10-5-8-17-9-10/h10H,1-9H2,(H2,14,18)(H,15,16). The highest BCUT2D eigenvalue weighted by atomic mass is 32.1. The molecule has 0 radical (unpaired) electrons. The lowest BCUT2D eigenvalue weighted by Gasteiger charge is -2.33. The third-order valence-electron chi connectivity index (χ3n) is 4.09. The van der Waals surface area contributed by atoms with Gasteiger partial charge in [-0.1, -0.05) is 37.9 Å². The Morgan fingerprint density at radius 3 is 2.44 bits per heavy atom. The Bertz CT molecular complexity index is 319. The van der Waals surface area contributed by atoms with Gasteiger partial charge in [-0.15, -0.1) is 0 Å². The molecule has 2 rings (SSSR count). The summed E-state index contributed by atoms with van der Waals surface area (Å²) in [6, 6.07) is 0. The van der Waals surface area contributed by atoms with Crippen LogP contribution in [0.15, 0.2) is 0 Å². The first-order chi connectivity index (χ1) is 8.64. The Labute approximate surface area is 114 Å². The number of rotatable bonds is 3. The van der Waals surface area contributed by atoms with E-state index in [2.05, 4.69) is 5.32 Å². The van der Waals surface area contributed by atoms with Crippen LogP contribution in [-0.2, 0) is 9.53 Å². The van der Waals surface area contributed by atoms with Crippen LogP contribution in [0.3, 0.4) is 0 Å². The summed E-state index contributed by atoms with van der Waals surface area (Å²) in [5, 5.41) is 3.13. The summed E-state index contributed by atoms with van der Waals surface area (Å²) in [7, 11) is 0. The molecule has 1 unspecified atom stereocenters. The van der Waals surface area contributed by atoms with Gasteiger partial charge in [-0.25, -0.2) is 0 Å². The van der Waals surface area contributed by atoms with Crippen LogP contribution in [0.4, 0.5) is 0 Å². The molecule has 1 aliphatic heterocycles. The number of ether oxygens (including phenoxy) is 1. The first kappa shape index (κ1) is 13.7. The molecule has 2 aliphatic rings. The second kappa shape index (κ2) is 5.97. The highest BCUT2D eigenvalue weighted by Crippen LogP contribution is 2.28. The molecule has 0 aromatic rings. The number of carbonyl (C=O) groups excluding carboxylic acids is 1. The Kier molecular flexibility index (Phi) is 4.56. The van der Waals surface area contributed by atoms with Crippen molar-refractivity contribution < 1.29 is 9.53 Å². The molecule has 1 amide bonds. The third-order valence-corrected chi connectivity index (χ3v) is 4.48. The lowest BCUT2D eigenvalue weighted by Crippen LogP contribution is -2.57. The van der Waals surface area contributed by atoms with Gasteiger partial charge in [0.25, 0.3) is 0 Å². The zero-order chi connectivity index (χ0) is 13.0. The first-order valence-electron chi connectivity index (χ1n) is 6.84. The molecule has 0 aromatic carbocycles. The smallest absolute Gasteiger partial charge is 0.226 e. The van der Waals surface area contributed by atoms with Crippen molar-refractivity contribution in [1.82, 2.24) is 5.32 Å². The molecule has 0 aromatic heterocycles. The quantitative estimate of drug-likeness (QED) is 0.603. The Morgan fingerprint density at radius 1 is 1.28 bits per heavy atom. The fourth-order valence-corrected chi connectivity index (χ4v) is 3.10. The fourth-order valence-electron chi connectivity index (χ4n) is 2.84. The first-order valence-corrected chi connectivity index (χ1v) is 7.24. The topological polar surface area (TPSA) is 64.3 Å². The average molecular weight is 270 g/mol. The lowest BCUT2D eigenvalue weighted by molar-refractivity contribution is -0.126. The zero-order valence-corrected chi connectivity index (χ0v) is 11.6. The van der Waals surface area contributed by atoms with Gasteiger partial charge in [0, 0.05) is 6.61 Å². The van der Waals surface area contributed by atoms with Crippen LogP contribution in [0, 0.1) is 5.92 Å². The summed E-state index contributed by atoms with van der Waals surface area (Å²) in [6.45, 7) is 1.21. The summed E-state index contributed by atoms with van der Waals surface area (Å²) in [5.74, 6) is 0.0293. The Morgan fingerprint density at radius 2 is 1.94 bits per heavy atom. The Balaban J connectivity index is 2.04. The molecule has 1 saturated heterocycles. The molecule has 0 spiro atoms. The number of amides is 1. The average Bonchev–Trinajstić information content (AvgIpc) is 2.77. The summed E-state index contributed by atoms with van der Waals surface area (Å²) in [4.78, 5) is 12.7. The monoisotopic (exact) mass is 270 g/mol. The van der Waals surface area contributed by atoms with Crippen molar-refractivity contribution in [3.05, 3.63) is 0 Å². The van der Waals surface area contributed by atoms with E-state index in [1.807, 2.05) is 0 Å². The maximum absolute atomic E-state index is 12.2. The van der Waals surface area contributed by atoms with Gasteiger partial charge in [-0.2, -0.15) is 0 Å². The lowest BCUT2D eigenvalue weighted by atomic mass is 9.89. The zero-order valence-electron chi connectivity index (χ0n) is 10.7. The van der Waals surface area contributed by atoms with Crippen LogP contribution in [0.1, 0.15) is 44.9 Å². The predicted molar refractivity (Wildman–Crippen MR) is 74.3 cm³/mol. The maximum atomic E-state index is 12.2. The largest absolute Gasteiger partial charge is 0.391 e. The molecule has 1 heterocycles. The minimum atomic E-state index is -0.453. The van der Waals surface area contributed by atoms with Crippen molar-refractivity contribution in [2.45, 2.75) is 50.5 Å². The van der Waals surface area contributed by atoms with E-state index in [9.17, 15) is 4.79 Å². The van der Waals surface area contributed by atoms with Gasteiger partial charge in [-0.05, 0) is 19.3 Å². The van der Waals surface area contributed by atoms with E-state index < -0.39 is 5.54 Å². The van der Waals surface area contributed by atoms with Gasteiger partial charge in [0.1, 0.15) is 0 Å². The molecule has 1 atom stereocenters. The third kappa shape index (κ3) is 3.01. The molecule has 4 nitrogen and oxygen atoms in total. The van der Waals surface area contributed by atoms with Gasteiger partial charge in [0.05, 0.1) is 23.1 Å². The van der Waals surface area contributed by atoms with Crippen molar-refractivity contribution >= 4 is 23.1 Å². The van der Waals surface area contributed by atoms with Crippen molar-refractivity contribution in [1.29, 1.82) is 0 Å². The van der Waals surface area contributed by atoms with Crippen LogP contribution in [0.25, 0.3) is 0 Å². The van der Waals surface area contributed by atoms with Crippen molar-refractivity contribution in [2.75, 3.05) is 13.2 Å². The second-order valence-corrected chi connectivity index (χ2v) is 5.85. The molecular weight excluding hydrogens is 248 g/mol. The molecule has 1 aliphatic carbocycles. The normalized spacial score (nSPS) is 27.4. The van der Waals surface area contributed by atoms with Gasteiger partial charge in [-0.3, -0.25) is 4.79 Å². The maximum Gasteiger partial charge on any atom is 0.226 e. The highest BCUT2D eigenvalue weighted by Gasteiger charge is 2.37. The van der Waals surface area contributed by atoms with Crippen LogP contribution in [0.2, 0.25) is 0 Å². The van der Waals surface area contributed by atoms with Gasteiger partial charge >= 0.3 is 0 Å². The summed E-state index contributed by atoms with van der Waals surface area (Å²) in [5.41, 5.74) is 5.45. The molecule has 2 fully saturated rings. The summed E-state index contributed by atoms with van der Waals surface area (Å²) < 4.78 is 5.26. The molecule has 3 N–H and O–H groups in total. The number of thiocarbonyl (C=S) groups is 1. The van der Waals surface area contributed by atoms with Crippen molar-refractivity contribution in [2.24, 2.45) is 11.7 Å². The minimum absolute atomic E-state index is 0.0283. The summed E-state index contributed by atoms with van der Waals surface area (Å²) in [6.07, 6.45) is 7.12. The molecule has 0 bridgehead atoms. The number of hydrogen-bond donors (Lipinski definition) is 2. The molecule has 5 heteroatoms. The number of nitrogens with one attached hydrogen (secondary N) is 1. The van der Waals surface area contributed by atoms with Gasteiger partial charge in [0.2, 0.25) is 5.91 Å². The molecular formula is C13H22N2O2S. The van der Waals surface area contributed by atoms with Crippen LogP contribution >= 0.6 is 12.2 Å². The van der Waals surface area contributed by atoms with E-state index in [0.717, 1.165) is 32.1 Å². The number of hydrogen-bond acceptors (Lipinski definition) is 3. The SMILES string of the molecule is NC(=S)C1(NC(=O)C2CCOC2)CCCCCC1. The summed E-state index contributed by atoms with van der Waals surface area (Å²) >= 11 is 5.21. The van der Waals surface area contributed by atoms with E-state index >= 15 is 0 Å².